The van der Waals surface area contributed by atoms with Crippen LogP contribution in [0.5, 0.6) is 0 Å². The van der Waals surface area contributed by atoms with Crippen LogP contribution in [0.4, 0.5) is 14.5 Å². The molecule has 1 aliphatic heterocycles. The number of alkyl halides is 2. The van der Waals surface area contributed by atoms with Crippen molar-refractivity contribution >= 4 is 22.9 Å². The number of amides is 1. The van der Waals surface area contributed by atoms with Crippen molar-refractivity contribution in [3.05, 3.63) is 35.4 Å². The Morgan fingerprint density at radius 3 is 2.64 bits per heavy atom. The first-order chi connectivity index (χ1) is 16.1. The fourth-order valence-electron chi connectivity index (χ4n) is 4.65. The lowest BCUT2D eigenvalue weighted by atomic mass is 9.90. The third kappa shape index (κ3) is 4.82. The van der Waals surface area contributed by atoms with E-state index >= 15 is 0 Å². The van der Waals surface area contributed by atoms with Gasteiger partial charge in [-0.3, -0.25) is 19.5 Å². The maximum absolute atomic E-state index is 13.7. The number of piperazine rings is 1. The topological polar surface area (TPSA) is 104 Å². The van der Waals surface area contributed by atoms with Crippen LogP contribution in [-0.4, -0.2) is 68.0 Å². The summed E-state index contributed by atoms with van der Waals surface area (Å²) in [4.78, 5) is 19.5. The molecule has 33 heavy (non-hydrogen) atoms. The fraction of sp³-hybridized carbons (Fsp3) is 0.524. The van der Waals surface area contributed by atoms with Gasteiger partial charge in [0.15, 0.2) is 5.69 Å². The van der Waals surface area contributed by atoms with Crippen LogP contribution in [0.25, 0.3) is 10.6 Å². The van der Waals surface area contributed by atoms with E-state index in [9.17, 15) is 13.6 Å². The number of H-pyrrole nitrogens is 1. The number of thiazole rings is 1. The largest absolute Gasteiger partial charge is 0.317 e. The minimum Gasteiger partial charge on any atom is -0.317 e. The Morgan fingerprint density at radius 1 is 1.18 bits per heavy atom. The Hall–Kier alpha value is -2.70. The van der Waals surface area contributed by atoms with Gasteiger partial charge in [0.1, 0.15) is 10.7 Å². The quantitative estimate of drug-likeness (QED) is 0.504. The molecule has 3 aromatic rings. The average Bonchev–Trinajstić information content (AvgIpc) is 3.60. The van der Waals surface area contributed by atoms with Crippen molar-refractivity contribution in [1.29, 1.82) is 0 Å². The molecule has 0 aromatic carbocycles. The summed E-state index contributed by atoms with van der Waals surface area (Å²) >= 11 is 1.29. The van der Waals surface area contributed by atoms with Gasteiger partial charge in [0.25, 0.3) is 12.3 Å². The van der Waals surface area contributed by atoms with E-state index in [4.69, 9.17) is 0 Å². The zero-order chi connectivity index (χ0) is 22.8. The molecule has 3 N–H and O–H groups in total. The lowest BCUT2D eigenvalue weighted by Gasteiger charge is -2.39. The molecular weight excluding hydrogens is 450 g/mol. The number of nitrogens with one attached hydrogen (secondary N) is 3. The number of anilines is 1. The van der Waals surface area contributed by atoms with E-state index < -0.39 is 18.0 Å². The lowest BCUT2D eigenvalue weighted by Crippen LogP contribution is -2.49. The fourth-order valence-corrected chi connectivity index (χ4v) is 5.43. The zero-order valence-corrected chi connectivity index (χ0v) is 18.8. The molecule has 0 atom stereocenters. The van der Waals surface area contributed by atoms with Gasteiger partial charge in [0.05, 0.1) is 17.9 Å². The monoisotopic (exact) mass is 476 g/mol. The standard InChI is InChI=1S/C21H26F2N8OS/c22-19(23)18-16(27-20(32)17-12-33-21(28-17)13-9-25-26-10-13)11-31(29-18)15-3-1-14(2-4-15)30-7-5-24-6-8-30/h9-12,14-15,19,24H,1-8H2,(H,25,26)(H,27,32). The number of nitrogens with zero attached hydrogens (tertiary/aromatic N) is 5. The smallest absolute Gasteiger partial charge is 0.284 e. The summed E-state index contributed by atoms with van der Waals surface area (Å²) < 4.78 is 29.0. The minimum absolute atomic E-state index is 0.0390. The van der Waals surface area contributed by atoms with Gasteiger partial charge in [-0.2, -0.15) is 10.2 Å². The summed E-state index contributed by atoms with van der Waals surface area (Å²) in [6.45, 7) is 4.15. The Labute approximate surface area is 193 Å². The molecule has 0 spiro atoms. The van der Waals surface area contributed by atoms with Gasteiger partial charge in [0, 0.05) is 55.6 Å². The van der Waals surface area contributed by atoms with E-state index in [0.717, 1.165) is 57.4 Å². The molecule has 1 aliphatic carbocycles. The average molecular weight is 477 g/mol. The van der Waals surface area contributed by atoms with Gasteiger partial charge < -0.3 is 10.6 Å². The van der Waals surface area contributed by atoms with E-state index in [1.165, 1.54) is 11.3 Å². The van der Waals surface area contributed by atoms with Crippen LogP contribution in [0.2, 0.25) is 0 Å². The van der Waals surface area contributed by atoms with Crippen molar-refractivity contribution in [3.8, 4) is 10.6 Å². The lowest BCUT2D eigenvalue weighted by molar-refractivity contribution is 0.102. The molecule has 176 valence electrons. The van der Waals surface area contributed by atoms with E-state index in [2.05, 4.69) is 35.8 Å². The van der Waals surface area contributed by atoms with E-state index in [1.807, 2.05) is 0 Å². The first-order valence-corrected chi connectivity index (χ1v) is 12.0. The van der Waals surface area contributed by atoms with Crippen LogP contribution in [0.3, 0.4) is 0 Å². The highest BCUT2D eigenvalue weighted by atomic mass is 32.1. The SMILES string of the molecule is O=C(Nc1cn(C2CCC(N3CCNCC3)CC2)nc1C(F)F)c1csc(-c2cn[nH]c2)n1. The Morgan fingerprint density at radius 2 is 1.94 bits per heavy atom. The van der Waals surface area contributed by atoms with Gasteiger partial charge >= 0.3 is 0 Å². The number of aromatic amines is 1. The minimum atomic E-state index is -2.78. The van der Waals surface area contributed by atoms with Crippen molar-refractivity contribution in [3.63, 3.8) is 0 Å². The number of carbonyl (C=O) groups is 1. The molecule has 2 fully saturated rings. The van der Waals surface area contributed by atoms with Crippen molar-refractivity contribution in [2.24, 2.45) is 0 Å². The van der Waals surface area contributed by atoms with Gasteiger partial charge in [-0.1, -0.05) is 0 Å². The molecule has 0 radical (unpaired) electrons. The van der Waals surface area contributed by atoms with Gasteiger partial charge in [0.2, 0.25) is 0 Å². The van der Waals surface area contributed by atoms with Crippen LogP contribution in [0, 0.1) is 0 Å². The highest BCUT2D eigenvalue weighted by molar-refractivity contribution is 7.13. The van der Waals surface area contributed by atoms with E-state index in [0.29, 0.717) is 11.0 Å². The Kier molecular flexibility index (Phi) is 6.47. The second kappa shape index (κ2) is 9.65. The first-order valence-electron chi connectivity index (χ1n) is 11.2. The van der Waals surface area contributed by atoms with Crippen LogP contribution in [0.15, 0.2) is 24.0 Å². The van der Waals surface area contributed by atoms with Crippen molar-refractivity contribution in [1.82, 2.24) is 35.2 Å². The molecule has 9 nitrogen and oxygen atoms in total. The maximum atomic E-state index is 13.7. The summed E-state index contributed by atoms with van der Waals surface area (Å²) in [6.07, 6.45) is 5.85. The predicted octanol–water partition coefficient (Wildman–Crippen LogP) is 3.31. The number of rotatable bonds is 6. The molecule has 1 saturated carbocycles. The summed E-state index contributed by atoms with van der Waals surface area (Å²) in [5, 5.41) is 18.9. The summed E-state index contributed by atoms with van der Waals surface area (Å²) in [5.74, 6) is -0.537. The molecular formula is C21H26F2N8OS. The van der Waals surface area contributed by atoms with Crippen molar-refractivity contribution in [2.75, 3.05) is 31.5 Å². The van der Waals surface area contributed by atoms with Gasteiger partial charge in [-0.15, -0.1) is 11.3 Å². The van der Waals surface area contributed by atoms with Gasteiger partial charge in [-0.05, 0) is 25.7 Å². The van der Waals surface area contributed by atoms with Crippen LogP contribution < -0.4 is 10.6 Å². The number of aromatic nitrogens is 5. The third-order valence-electron chi connectivity index (χ3n) is 6.41. The van der Waals surface area contributed by atoms with Crippen LogP contribution in [0.1, 0.15) is 54.3 Å². The van der Waals surface area contributed by atoms with E-state index in [1.54, 1.807) is 28.7 Å². The molecule has 2 aliphatic rings. The molecule has 1 amide bonds. The Balaban J connectivity index is 1.26. The molecule has 3 aromatic heterocycles. The van der Waals surface area contributed by atoms with Crippen LogP contribution in [-0.2, 0) is 0 Å². The van der Waals surface area contributed by atoms with Crippen LogP contribution >= 0.6 is 11.3 Å². The molecule has 0 unspecified atom stereocenters. The van der Waals surface area contributed by atoms with E-state index in [-0.39, 0.29) is 17.4 Å². The number of hydrogen-bond donors (Lipinski definition) is 3. The molecule has 1 saturated heterocycles. The highest BCUT2D eigenvalue weighted by Crippen LogP contribution is 2.34. The maximum Gasteiger partial charge on any atom is 0.284 e. The van der Waals surface area contributed by atoms with Crippen molar-refractivity contribution in [2.45, 2.75) is 44.2 Å². The highest BCUT2D eigenvalue weighted by Gasteiger charge is 2.30. The zero-order valence-electron chi connectivity index (χ0n) is 18.0. The second-order valence-electron chi connectivity index (χ2n) is 8.44. The predicted molar refractivity (Wildman–Crippen MR) is 121 cm³/mol. The number of halogens is 2. The van der Waals surface area contributed by atoms with Gasteiger partial charge in [-0.25, -0.2) is 13.8 Å². The second-order valence-corrected chi connectivity index (χ2v) is 9.29. The number of hydrogen-bond acceptors (Lipinski definition) is 7. The summed E-state index contributed by atoms with van der Waals surface area (Å²) in [7, 11) is 0. The molecule has 5 rings (SSSR count). The third-order valence-corrected chi connectivity index (χ3v) is 7.30. The normalized spacial score (nSPS) is 22.0. The first kappa shape index (κ1) is 22.1. The molecule has 12 heteroatoms. The Bertz CT molecular complexity index is 1070. The molecule has 0 bridgehead atoms. The summed E-state index contributed by atoms with van der Waals surface area (Å²) in [6, 6.07) is 0.598. The van der Waals surface area contributed by atoms with Crippen molar-refractivity contribution < 1.29 is 13.6 Å². The number of carbonyl (C=O) groups excluding carboxylic acids is 1. The summed E-state index contributed by atoms with van der Waals surface area (Å²) in [5.41, 5.74) is 0.562. The molecule has 4 heterocycles.